The predicted octanol–water partition coefficient (Wildman–Crippen LogP) is 9.32. The number of hydrogen-bond acceptors (Lipinski definition) is 4. The van der Waals surface area contributed by atoms with Crippen LogP contribution in [0.1, 0.15) is 68.9 Å². The van der Waals surface area contributed by atoms with Gasteiger partial charge in [0, 0.05) is 16.1 Å². The highest BCUT2D eigenvalue weighted by molar-refractivity contribution is 7.86. The predicted molar refractivity (Wildman–Crippen MR) is 140 cm³/mol. The van der Waals surface area contributed by atoms with E-state index in [1.54, 1.807) is 24.3 Å². The molecule has 0 aliphatic heterocycles. The summed E-state index contributed by atoms with van der Waals surface area (Å²) >= 11 is 5.92. The number of benzene rings is 3. The highest BCUT2D eigenvalue weighted by atomic mass is 35.5. The van der Waals surface area contributed by atoms with Crippen LogP contribution >= 0.6 is 11.6 Å². The zero-order valence-corrected chi connectivity index (χ0v) is 20.9. The Morgan fingerprint density at radius 1 is 0.846 bits per heavy atom. The Morgan fingerprint density at radius 2 is 1.28 bits per heavy atom. The van der Waals surface area contributed by atoms with Crippen molar-refractivity contribution in [2.24, 2.45) is 5.16 Å². The van der Waals surface area contributed by atoms with Crippen molar-refractivity contribution < 1.29 is 39.0 Å². The van der Waals surface area contributed by atoms with Gasteiger partial charge in [0.05, 0.1) is 11.1 Å². The Hall–Kier alpha value is -3.05. The summed E-state index contributed by atoms with van der Waals surface area (Å²) in [6.45, 7) is 4.03. The largest absolute Gasteiger partial charge is 0.416 e. The van der Waals surface area contributed by atoms with Gasteiger partial charge in [-0.25, -0.2) is 0 Å². The van der Waals surface area contributed by atoms with Crippen molar-refractivity contribution in [2.75, 3.05) is 0 Å². The standard InChI is InChI=1S/C25H20ClF6NO3S.2CH4/c1-3-15(2)16-4-6-17(7-5-16)23(18-8-10-21(26)11-9-18)33-36-37(34,35)22-13-19(24(27,28)29)12-20(14-22)25(30,31)32;;/h4-15H,3H2,1-2H3;2*1H4/b33-23+;;. The minimum absolute atomic E-state index is 0. The van der Waals surface area contributed by atoms with Crippen molar-refractivity contribution in [1.82, 2.24) is 0 Å². The number of rotatable bonds is 7. The van der Waals surface area contributed by atoms with Crippen LogP contribution in [0, 0.1) is 0 Å². The van der Waals surface area contributed by atoms with Crippen LogP contribution in [-0.2, 0) is 26.8 Å². The fraction of sp³-hybridized carbons (Fsp3) is 0.296. The number of hydrogen-bond donors (Lipinski definition) is 0. The average Bonchev–Trinajstić information content (AvgIpc) is 2.83. The lowest BCUT2D eigenvalue weighted by molar-refractivity contribution is -0.143. The van der Waals surface area contributed by atoms with Crippen LogP contribution in [0.5, 0.6) is 0 Å². The Morgan fingerprint density at radius 3 is 1.69 bits per heavy atom. The maximum atomic E-state index is 13.2. The van der Waals surface area contributed by atoms with Gasteiger partial charge in [-0.2, -0.15) is 34.8 Å². The zero-order valence-electron chi connectivity index (χ0n) is 19.4. The average molecular weight is 596 g/mol. The van der Waals surface area contributed by atoms with Crippen LogP contribution in [0.25, 0.3) is 0 Å². The molecule has 12 heteroatoms. The first-order valence-corrected chi connectivity index (χ1v) is 12.6. The van der Waals surface area contributed by atoms with E-state index in [1.807, 2.05) is 13.8 Å². The van der Waals surface area contributed by atoms with E-state index in [-0.39, 0.29) is 44.7 Å². The first kappa shape index (κ1) is 34.0. The van der Waals surface area contributed by atoms with Gasteiger partial charge in [0.2, 0.25) is 0 Å². The molecule has 0 heterocycles. The summed E-state index contributed by atoms with van der Waals surface area (Å²) in [4.78, 5) is -1.35. The molecule has 1 unspecified atom stereocenters. The molecule has 0 saturated carbocycles. The zero-order chi connectivity index (χ0) is 27.6. The van der Waals surface area contributed by atoms with E-state index >= 15 is 0 Å². The summed E-state index contributed by atoms with van der Waals surface area (Å²) in [7, 11) is -5.18. The Balaban J connectivity index is 0.00000380. The molecular weight excluding hydrogens is 568 g/mol. The highest BCUT2D eigenvalue weighted by Gasteiger charge is 2.38. The molecule has 39 heavy (non-hydrogen) atoms. The lowest BCUT2D eigenvalue weighted by Gasteiger charge is -2.14. The van der Waals surface area contributed by atoms with Crippen LogP contribution < -0.4 is 0 Å². The first-order chi connectivity index (χ1) is 17.1. The molecule has 3 aromatic carbocycles. The molecular formula is C27H28ClF6NO3S. The fourth-order valence-corrected chi connectivity index (χ4v) is 4.21. The minimum atomic E-state index is -5.24. The topological polar surface area (TPSA) is 55.7 Å². The molecule has 0 aromatic heterocycles. The van der Waals surface area contributed by atoms with Crippen molar-refractivity contribution >= 4 is 27.4 Å². The summed E-state index contributed by atoms with van der Waals surface area (Å²) in [6.07, 6.45) is -9.60. The maximum absolute atomic E-state index is 13.2. The van der Waals surface area contributed by atoms with Gasteiger partial charge in [-0.1, -0.05) is 81.9 Å². The second-order valence-corrected chi connectivity index (χ2v) is 10.1. The number of alkyl halides is 6. The van der Waals surface area contributed by atoms with Gasteiger partial charge in [-0.3, -0.25) is 4.28 Å². The Kier molecular flexibility index (Phi) is 11.2. The molecule has 3 aromatic rings. The van der Waals surface area contributed by atoms with Crippen LogP contribution in [0.2, 0.25) is 5.02 Å². The van der Waals surface area contributed by atoms with Gasteiger partial charge in [-0.15, -0.1) is 0 Å². The van der Waals surface area contributed by atoms with E-state index in [2.05, 4.69) is 9.44 Å². The third-order valence-electron chi connectivity index (χ3n) is 5.56. The van der Waals surface area contributed by atoms with Crippen LogP contribution in [0.3, 0.4) is 0 Å². The molecule has 0 N–H and O–H groups in total. The van der Waals surface area contributed by atoms with Gasteiger partial charge in [0.25, 0.3) is 0 Å². The molecule has 0 radical (unpaired) electrons. The SMILES string of the molecule is C.C.CCC(C)c1ccc(/C(=N\OS(=O)(=O)c2cc(C(F)(F)F)cc(C(F)(F)F)c2)c2ccc(Cl)cc2)cc1. The smallest absolute Gasteiger partial charge is 0.264 e. The second kappa shape index (κ2) is 12.9. The molecule has 0 fully saturated rings. The van der Waals surface area contributed by atoms with Gasteiger partial charge < -0.3 is 0 Å². The summed E-state index contributed by atoms with van der Waals surface area (Å²) in [5, 5.41) is 4.01. The van der Waals surface area contributed by atoms with Crippen molar-refractivity contribution in [3.63, 3.8) is 0 Å². The van der Waals surface area contributed by atoms with Crippen LogP contribution in [0.4, 0.5) is 26.3 Å². The summed E-state index contributed by atoms with van der Waals surface area (Å²) in [6, 6.07) is 12.8. The quantitative estimate of drug-likeness (QED) is 0.155. The third kappa shape index (κ3) is 8.47. The van der Waals surface area contributed by atoms with Crippen molar-refractivity contribution in [2.45, 2.75) is 58.3 Å². The number of nitrogens with zero attached hydrogens (tertiary/aromatic N) is 1. The van der Waals surface area contributed by atoms with E-state index in [1.165, 1.54) is 24.3 Å². The second-order valence-electron chi connectivity index (χ2n) is 8.15. The van der Waals surface area contributed by atoms with Gasteiger partial charge in [-0.05, 0) is 48.2 Å². The van der Waals surface area contributed by atoms with E-state index in [9.17, 15) is 34.8 Å². The molecule has 0 aliphatic rings. The van der Waals surface area contributed by atoms with E-state index in [0.717, 1.165) is 12.0 Å². The van der Waals surface area contributed by atoms with E-state index in [0.29, 0.717) is 16.1 Å². The monoisotopic (exact) mass is 595 g/mol. The molecule has 0 spiro atoms. The maximum Gasteiger partial charge on any atom is 0.416 e. The Labute approximate surface area is 229 Å². The van der Waals surface area contributed by atoms with Gasteiger partial charge >= 0.3 is 22.5 Å². The van der Waals surface area contributed by atoms with Crippen molar-refractivity contribution in [1.29, 1.82) is 0 Å². The lowest BCUT2D eigenvalue weighted by atomic mass is 9.95. The van der Waals surface area contributed by atoms with Crippen molar-refractivity contribution in [3.05, 3.63) is 99.6 Å². The summed E-state index contributed by atoms with van der Waals surface area (Å²) in [5.41, 5.74) is -1.89. The minimum Gasteiger partial charge on any atom is -0.264 e. The summed E-state index contributed by atoms with van der Waals surface area (Å²) in [5.74, 6) is 0.241. The normalized spacial score (nSPS) is 13.2. The summed E-state index contributed by atoms with van der Waals surface area (Å²) < 4.78 is 109. The third-order valence-corrected chi connectivity index (χ3v) is 6.90. The molecule has 0 bridgehead atoms. The molecule has 0 amide bonds. The number of oxime groups is 1. The molecule has 3 rings (SSSR count). The Bertz CT molecular complexity index is 1350. The molecule has 4 nitrogen and oxygen atoms in total. The molecule has 214 valence electrons. The van der Waals surface area contributed by atoms with Crippen LogP contribution in [-0.4, -0.2) is 14.1 Å². The van der Waals surface area contributed by atoms with Crippen LogP contribution in [0.15, 0.2) is 76.8 Å². The highest BCUT2D eigenvalue weighted by Crippen LogP contribution is 2.37. The lowest BCUT2D eigenvalue weighted by Crippen LogP contribution is -2.14. The molecule has 0 aliphatic carbocycles. The van der Waals surface area contributed by atoms with Crippen molar-refractivity contribution in [3.8, 4) is 0 Å². The molecule has 1 atom stereocenters. The van der Waals surface area contributed by atoms with E-state index < -0.39 is 38.5 Å². The first-order valence-electron chi connectivity index (χ1n) is 10.8. The number of halogens is 7. The molecule has 0 saturated heterocycles. The fourth-order valence-electron chi connectivity index (χ4n) is 3.29. The van der Waals surface area contributed by atoms with Gasteiger partial charge in [0.1, 0.15) is 10.6 Å². The van der Waals surface area contributed by atoms with E-state index in [4.69, 9.17) is 11.6 Å². The van der Waals surface area contributed by atoms with Gasteiger partial charge in [0.15, 0.2) is 0 Å².